The van der Waals surface area contributed by atoms with Crippen molar-refractivity contribution in [2.45, 2.75) is 51.7 Å². The fraction of sp³-hybridized carbons (Fsp3) is 0.361. The van der Waals surface area contributed by atoms with Crippen molar-refractivity contribution in [3.05, 3.63) is 77.6 Å². The van der Waals surface area contributed by atoms with E-state index in [9.17, 15) is 31.6 Å². The predicted molar refractivity (Wildman–Crippen MR) is 187 cm³/mol. The lowest BCUT2D eigenvalue weighted by molar-refractivity contribution is 0.0493. The molecule has 50 heavy (non-hydrogen) atoms. The smallest absolute Gasteiger partial charge is 0.407 e. The number of fused-ring (bicyclic) bond motifs is 1. The molecule has 1 aromatic heterocycles. The maximum atomic E-state index is 14.5. The number of hydrogen-bond acceptors (Lipinski definition) is 7. The highest BCUT2D eigenvalue weighted by Crippen LogP contribution is 2.42. The third kappa shape index (κ3) is 8.07. The zero-order valence-electron chi connectivity index (χ0n) is 28.4. The molecule has 2 unspecified atom stereocenters. The molecule has 3 aromatic carbocycles. The topological polar surface area (TPSA) is 147 Å². The van der Waals surface area contributed by atoms with E-state index in [0.29, 0.717) is 22.0 Å². The van der Waals surface area contributed by atoms with Gasteiger partial charge in [0.15, 0.2) is 6.80 Å². The monoisotopic (exact) mass is 710 g/mol. The number of alkyl halides is 1. The number of furan rings is 1. The lowest BCUT2D eigenvalue weighted by Crippen LogP contribution is -2.44. The molecule has 11 nitrogen and oxygen atoms in total. The average Bonchev–Trinajstić information content (AvgIpc) is 3.65. The van der Waals surface area contributed by atoms with Gasteiger partial charge in [-0.15, -0.1) is 0 Å². The molecule has 5 rings (SSSR count). The molecule has 2 atom stereocenters. The van der Waals surface area contributed by atoms with Crippen molar-refractivity contribution in [1.29, 1.82) is 0 Å². The van der Waals surface area contributed by atoms with Gasteiger partial charge in [0.1, 0.15) is 22.8 Å². The van der Waals surface area contributed by atoms with Crippen LogP contribution >= 0.6 is 0 Å². The van der Waals surface area contributed by atoms with E-state index in [2.05, 4.69) is 16.0 Å². The molecule has 1 fully saturated rings. The number of sulfonamides is 1. The van der Waals surface area contributed by atoms with E-state index in [1.807, 2.05) is 0 Å². The van der Waals surface area contributed by atoms with Crippen LogP contribution in [-0.4, -0.2) is 64.6 Å². The minimum Gasteiger partial charge on any atom is -0.455 e. The highest BCUT2D eigenvalue weighted by molar-refractivity contribution is 7.92. The number of halogens is 2. The molecule has 1 saturated carbocycles. The van der Waals surface area contributed by atoms with Crippen LogP contribution in [-0.2, 0) is 14.8 Å². The molecule has 0 radical (unpaired) electrons. The standard InChI is InChI=1S/C36H40F2N4O7S/c1-36(2,3)49-35(45)41-28-11-7-10-24(28)19-40-33(43)23-9-6-8-22(16-23)26-17-27-30(18-29(26)42(20-37)50(5,46)47)48-32(31(27)34(44)39-4)21-12-14-25(38)15-13-21/h6,8-9,12-18,24,28H,7,10-11,19-20H2,1-5H3,(H,39,44)(H,40,43)(H,41,45). The second-order valence-electron chi connectivity index (χ2n) is 13.2. The molecule has 266 valence electrons. The number of rotatable bonds is 10. The third-order valence-corrected chi connectivity index (χ3v) is 9.56. The largest absolute Gasteiger partial charge is 0.455 e. The molecule has 1 heterocycles. The normalized spacial score (nSPS) is 16.2. The van der Waals surface area contributed by atoms with Gasteiger partial charge in [0, 0.05) is 47.8 Å². The summed E-state index contributed by atoms with van der Waals surface area (Å²) in [5.41, 5.74) is 0.691. The van der Waals surface area contributed by atoms with Gasteiger partial charge >= 0.3 is 6.09 Å². The summed E-state index contributed by atoms with van der Waals surface area (Å²) in [7, 11) is -2.71. The molecule has 0 spiro atoms. The Balaban J connectivity index is 1.52. The summed E-state index contributed by atoms with van der Waals surface area (Å²) < 4.78 is 65.8. The molecular formula is C36H40F2N4O7S. The van der Waals surface area contributed by atoms with E-state index >= 15 is 0 Å². The van der Waals surface area contributed by atoms with Crippen molar-refractivity contribution in [3.8, 4) is 22.5 Å². The maximum Gasteiger partial charge on any atom is 0.407 e. The van der Waals surface area contributed by atoms with E-state index in [4.69, 9.17) is 9.15 Å². The zero-order chi connectivity index (χ0) is 36.4. The fourth-order valence-corrected chi connectivity index (χ4v) is 6.83. The minimum atomic E-state index is -4.14. The molecule has 14 heteroatoms. The molecule has 1 aliphatic rings. The van der Waals surface area contributed by atoms with E-state index < -0.39 is 46.1 Å². The van der Waals surface area contributed by atoms with Gasteiger partial charge in [-0.05, 0) is 87.6 Å². The summed E-state index contributed by atoms with van der Waals surface area (Å²) in [4.78, 5) is 39.0. The Morgan fingerprint density at radius 3 is 2.36 bits per heavy atom. The third-order valence-electron chi connectivity index (χ3n) is 8.47. The van der Waals surface area contributed by atoms with E-state index in [-0.39, 0.29) is 51.1 Å². The van der Waals surface area contributed by atoms with Crippen LogP contribution in [0, 0.1) is 11.7 Å². The van der Waals surface area contributed by atoms with Crippen LogP contribution in [0.25, 0.3) is 33.4 Å². The Morgan fingerprint density at radius 1 is 1.00 bits per heavy atom. The summed E-state index contributed by atoms with van der Waals surface area (Å²) in [5, 5.41) is 8.71. The van der Waals surface area contributed by atoms with Gasteiger partial charge in [0.25, 0.3) is 11.8 Å². The fourth-order valence-electron chi connectivity index (χ4n) is 6.14. The molecule has 4 aromatic rings. The van der Waals surface area contributed by atoms with Crippen LogP contribution in [0.5, 0.6) is 0 Å². The summed E-state index contributed by atoms with van der Waals surface area (Å²) >= 11 is 0. The SMILES string of the molecule is CNC(=O)c1c(-c2ccc(F)cc2)oc2cc(N(CF)S(C)(=O)=O)c(-c3cccc(C(=O)NCC4CCCC4NC(=O)OC(C)(C)C)c3)cc12. The van der Waals surface area contributed by atoms with Gasteiger partial charge in [0.2, 0.25) is 10.0 Å². The van der Waals surface area contributed by atoms with E-state index in [1.165, 1.54) is 43.4 Å². The number of ether oxygens (including phenoxy) is 1. The van der Waals surface area contributed by atoms with Gasteiger partial charge < -0.3 is 25.1 Å². The number of hydrogen-bond donors (Lipinski definition) is 3. The number of nitrogens with one attached hydrogen (secondary N) is 3. The van der Waals surface area contributed by atoms with Crippen LogP contribution in [0.1, 0.15) is 60.7 Å². The number of benzene rings is 3. The van der Waals surface area contributed by atoms with Crippen molar-refractivity contribution in [2.24, 2.45) is 5.92 Å². The molecular weight excluding hydrogens is 670 g/mol. The predicted octanol–water partition coefficient (Wildman–Crippen LogP) is 6.38. The molecule has 3 N–H and O–H groups in total. The van der Waals surface area contributed by atoms with Crippen molar-refractivity contribution in [2.75, 3.05) is 31.0 Å². The highest BCUT2D eigenvalue weighted by Gasteiger charge is 2.31. The van der Waals surface area contributed by atoms with Crippen molar-refractivity contribution < 1.29 is 40.7 Å². The number of anilines is 1. The second-order valence-corrected chi connectivity index (χ2v) is 15.1. The number of nitrogens with zero attached hydrogens (tertiary/aromatic N) is 1. The van der Waals surface area contributed by atoms with Gasteiger partial charge in [-0.25, -0.2) is 26.3 Å². The van der Waals surface area contributed by atoms with Crippen LogP contribution in [0.15, 0.2) is 65.1 Å². The number of carbonyl (C=O) groups excluding carboxylic acids is 3. The first-order chi connectivity index (χ1) is 23.6. The lowest BCUT2D eigenvalue weighted by atomic mass is 9.97. The van der Waals surface area contributed by atoms with Gasteiger partial charge in [0.05, 0.1) is 17.5 Å². The number of carbonyl (C=O) groups is 3. The Kier molecular flexibility index (Phi) is 10.5. The van der Waals surface area contributed by atoms with Crippen LogP contribution in [0.4, 0.5) is 19.3 Å². The van der Waals surface area contributed by atoms with Gasteiger partial charge in [-0.3, -0.25) is 9.59 Å². The van der Waals surface area contributed by atoms with Crippen molar-refractivity contribution in [3.63, 3.8) is 0 Å². The Bertz CT molecular complexity index is 2020. The van der Waals surface area contributed by atoms with Crippen LogP contribution in [0.3, 0.4) is 0 Å². The molecule has 0 aliphatic heterocycles. The highest BCUT2D eigenvalue weighted by atomic mass is 32.2. The lowest BCUT2D eigenvalue weighted by Gasteiger charge is -2.25. The first-order valence-electron chi connectivity index (χ1n) is 16.1. The number of amides is 3. The quantitative estimate of drug-likeness (QED) is 0.162. The Labute approximate surface area is 289 Å². The minimum absolute atomic E-state index is 0.0175. The van der Waals surface area contributed by atoms with E-state index in [0.717, 1.165) is 25.5 Å². The molecule has 0 saturated heterocycles. The Morgan fingerprint density at radius 2 is 1.72 bits per heavy atom. The molecule has 0 bridgehead atoms. The maximum absolute atomic E-state index is 14.5. The summed E-state index contributed by atoms with van der Waals surface area (Å²) in [5.74, 6) is -1.33. The second kappa shape index (κ2) is 14.5. The van der Waals surface area contributed by atoms with Crippen molar-refractivity contribution in [1.82, 2.24) is 16.0 Å². The van der Waals surface area contributed by atoms with Gasteiger partial charge in [-0.1, -0.05) is 18.6 Å². The van der Waals surface area contributed by atoms with Crippen LogP contribution < -0.4 is 20.3 Å². The summed E-state index contributed by atoms with van der Waals surface area (Å²) in [6.45, 7) is 4.25. The summed E-state index contributed by atoms with van der Waals surface area (Å²) in [6.07, 6.45) is 2.77. The van der Waals surface area contributed by atoms with Crippen LogP contribution in [0.2, 0.25) is 0 Å². The molecule has 1 aliphatic carbocycles. The zero-order valence-corrected chi connectivity index (χ0v) is 29.2. The first-order valence-corrected chi connectivity index (χ1v) is 17.9. The first kappa shape index (κ1) is 36.3. The van der Waals surface area contributed by atoms with E-state index in [1.54, 1.807) is 45.0 Å². The average molecular weight is 711 g/mol. The Hall–Kier alpha value is -4.98. The van der Waals surface area contributed by atoms with Gasteiger partial charge in [-0.2, -0.15) is 0 Å². The molecule has 3 amide bonds. The number of alkyl carbamates (subject to hydrolysis) is 1. The van der Waals surface area contributed by atoms with Crippen molar-refractivity contribution >= 4 is 44.6 Å². The summed E-state index contributed by atoms with van der Waals surface area (Å²) in [6, 6.07) is 14.4.